The summed E-state index contributed by atoms with van der Waals surface area (Å²) < 4.78 is 5.01. The number of rotatable bonds is 4. The van der Waals surface area contributed by atoms with Crippen LogP contribution in [0.15, 0.2) is 18.2 Å². The third kappa shape index (κ3) is 2.25. The number of carbonyl (C=O) groups is 1. The lowest BCUT2D eigenvalue weighted by Gasteiger charge is -2.29. The van der Waals surface area contributed by atoms with Gasteiger partial charge in [-0.25, -0.2) is 0 Å². The van der Waals surface area contributed by atoms with Crippen molar-refractivity contribution in [3.63, 3.8) is 0 Å². The van der Waals surface area contributed by atoms with Crippen molar-refractivity contribution in [2.24, 2.45) is 0 Å². The van der Waals surface area contributed by atoms with Crippen LogP contribution >= 0.6 is 0 Å². The van der Waals surface area contributed by atoms with E-state index in [1.165, 1.54) is 5.56 Å². The van der Waals surface area contributed by atoms with Crippen LogP contribution in [0.25, 0.3) is 0 Å². The number of benzene rings is 1. The molecule has 1 aromatic carbocycles. The molecule has 16 heavy (non-hydrogen) atoms. The van der Waals surface area contributed by atoms with Crippen molar-refractivity contribution in [1.29, 1.82) is 0 Å². The molecule has 0 saturated heterocycles. The number of methoxy groups -OCH3 is 1. The zero-order valence-corrected chi connectivity index (χ0v) is 9.53. The molecule has 1 aromatic rings. The van der Waals surface area contributed by atoms with Crippen LogP contribution in [0.3, 0.4) is 0 Å². The summed E-state index contributed by atoms with van der Waals surface area (Å²) in [6.07, 6.45) is 2.34. The van der Waals surface area contributed by atoms with Gasteiger partial charge in [0.1, 0.15) is 0 Å². The highest BCUT2D eigenvalue weighted by Crippen LogP contribution is 2.27. The van der Waals surface area contributed by atoms with Crippen LogP contribution in [-0.4, -0.2) is 26.2 Å². The predicted molar refractivity (Wildman–Crippen MR) is 62.4 cm³/mol. The summed E-state index contributed by atoms with van der Waals surface area (Å²) in [6.45, 7) is 1.42. The Morgan fingerprint density at radius 2 is 2.38 bits per heavy atom. The first-order valence-electron chi connectivity index (χ1n) is 5.61. The number of fused-ring (bicyclic) bond motifs is 1. The van der Waals surface area contributed by atoms with Crippen LogP contribution in [-0.2, 0) is 16.0 Å². The Morgan fingerprint density at radius 3 is 3.19 bits per heavy atom. The molecule has 85 valence electrons. The van der Waals surface area contributed by atoms with Crippen molar-refractivity contribution in [3.05, 3.63) is 29.8 Å². The topological polar surface area (TPSA) is 29.5 Å². The van der Waals surface area contributed by atoms with Crippen LogP contribution in [0.5, 0.6) is 0 Å². The molecule has 0 unspecified atom stereocenters. The Hall–Kier alpha value is -1.35. The summed E-state index contributed by atoms with van der Waals surface area (Å²) in [5.74, 6) is 0.211. The Morgan fingerprint density at radius 1 is 1.50 bits per heavy atom. The van der Waals surface area contributed by atoms with Crippen molar-refractivity contribution in [3.8, 4) is 0 Å². The molecule has 2 rings (SSSR count). The van der Waals surface area contributed by atoms with E-state index < -0.39 is 0 Å². The van der Waals surface area contributed by atoms with Gasteiger partial charge in [-0.1, -0.05) is 12.1 Å². The number of nitrogens with zero attached hydrogens (tertiary/aromatic N) is 1. The lowest BCUT2D eigenvalue weighted by Crippen LogP contribution is -2.36. The Balaban J connectivity index is 2.13. The Labute approximate surface area is 96.0 Å². The summed E-state index contributed by atoms with van der Waals surface area (Å²) in [7, 11) is 1.68. The Bertz CT molecular complexity index is 376. The molecule has 1 aliphatic rings. The van der Waals surface area contributed by atoms with Gasteiger partial charge < -0.3 is 9.64 Å². The fourth-order valence-corrected chi connectivity index (χ4v) is 2.04. The van der Waals surface area contributed by atoms with Gasteiger partial charge in [0.25, 0.3) is 0 Å². The predicted octanol–water partition coefficient (Wildman–Crippen LogP) is 1.80. The van der Waals surface area contributed by atoms with E-state index in [2.05, 4.69) is 6.07 Å². The normalized spacial score (nSPS) is 15.1. The molecule has 0 atom stereocenters. The summed E-state index contributed by atoms with van der Waals surface area (Å²) in [6, 6.07) is 8.89. The van der Waals surface area contributed by atoms with E-state index in [0.29, 0.717) is 13.0 Å². The quantitative estimate of drug-likeness (QED) is 0.721. The van der Waals surface area contributed by atoms with Crippen LogP contribution in [0, 0.1) is 6.07 Å². The first-order valence-corrected chi connectivity index (χ1v) is 5.61. The minimum absolute atomic E-state index is 0.211. The molecule has 1 heterocycles. The summed E-state index contributed by atoms with van der Waals surface area (Å²) >= 11 is 0. The lowest BCUT2D eigenvalue weighted by molar-refractivity contribution is -0.118. The van der Waals surface area contributed by atoms with Gasteiger partial charge in [0.2, 0.25) is 5.91 Å². The maximum absolute atomic E-state index is 11.8. The monoisotopic (exact) mass is 218 g/mol. The zero-order chi connectivity index (χ0) is 11.4. The van der Waals surface area contributed by atoms with Crippen molar-refractivity contribution in [2.75, 3.05) is 25.2 Å². The minimum atomic E-state index is 0.211. The van der Waals surface area contributed by atoms with Gasteiger partial charge in [0, 0.05) is 32.4 Å². The molecule has 0 N–H and O–H groups in total. The third-order valence-electron chi connectivity index (χ3n) is 2.86. The molecule has 0 fully saturated rings. The summed E-state index contributed by atoms with van der Waals surface area (Å²) in [5, 5.41) is 0. The van der Waals surface area contributed by atoms with Gasteiger partial charge in [0.05, 0.1) is 0 Å². The molecular formula is C13H16NO2. The fourth-order valence-electron chi connectivity index (χ4n) is 2.04. The van der Waals surface area contributed by atoms with Gasteiger partial charge >= 0.3 is 0 Å². The van der Waals surface area contributed by atoms with E-state index in [1.54, 1.807) is 7.11 Å². The number of hydrogen-bond acceptors (Lipinski definition) is 2. The van der Waals surface area contributed by atoms with Crippen LogP contribution in [0.4, 0.5) is 5.69 Å². The van der Waals surface area contributed by atoms with E-state index >= 15 is 0 Å². The molecular weight excluding hydrogens is 202 g/mol. The molecule has 1 aliphatic heterocycles. The highest BCUT2D eigenvalue weighted by Gasteiger charge is 2.22. The lowest BCUT2D eigenvalue weighted by atomic mass is 10.0. The van der Waals surface area contributed by atoms with Crippen molar-refractivity contribution in [2.45, 2.75) is 19.3 Å². The van der Waals surface area contributed by atoms with E-state index in [1.807, 2.05) is 23.1 Å². The number of carbonyl (C=O) groups excluding carboxylic acids is 1. The maximum Gasteiger partial charge on any atom is 0.227 e. The molecule has 3 heteroatoms. The van der Waals surface area contributed by atoms with Crippen LogP contribution in [0.2, 0.25) is 0 Å². The van der Waals surface area contributed by atoms with Gasteiger partial charge in [0.15, 0.2) is 0 Å². The second kappa shape index (κ2) is 5.12. The van der Waals surface area contributed by atoms with Crippen molar-refractivity contribution >= 4 is 11.6 Å². The molecule has 0 bridgehead atoms. The number of amides is 1. The van der Waals surface area contributed by atoms with Crippen LogP contribution in [0.1, 0.15) is 18.4 Å². The fraction of sp³-hybridized carbons (Fsp3) is 0.462. The van der Waals surface area contributed by atoms with E-state index in [9.17, 15) is 4.79 Å². The molecule has 1 radical (unpaired) electrons. The molecule has 3 nitrogen and oxygen atoms in total. The third-order valence-corrected chi connectivity index (χ3v) is 2.86. The van der Waals surface area contributed by atoms with Gasteiger partial charge in [-0.05, 0) is 30.5 Å². The van der Waals surface area contributed by atoms with E-state index in [-0.39, 0.29) is 5.91 Å². The first-order chi connectivity index (χ1) is 7.83. The average Bonchev–Trinajstić information content (AvgIpc) is 2.32. The summed E-state index contributed by atoms with van der Waals surface area (Å²) in [5.41, 5.74) is 2.27. The van der Waals surface area contributed by atoms with Gasteiger partial charge in [-0.3, -0.25) is 4.79 Å². The molecule has 1 amide bonds. The second-order valence-electron chi connectivity index (χ2n) is 3.95. The van der Waals surface area contributed by atoms with Crippen LogP contribution < -0.4 is 4.90 Å². The standard InChI is InChI=1S/C13H16NO2/c1-16-10-4-9-14-12-6-3-2-5-11(12)7-8-13(14)15/h2,5-6H,4,7-10H2,1H3. The average molecular weight is 218 g/mol. The molecule has 0 spiro atoms. The number of hydrogen-bond donors (Lipinski definition) is 0. The molecule has 0 aromatic heterocycles. The first kappa shape index (κ1) is 11.1. The highest BCUT2D eigenvalue weighted by molar-refractivity contribution is 5.96. The van der Waals surface area contributed by atoms with Gasteiger partial charge in [-0.15, -0.1) is 0 Å². The van der Waals surface area contributed by atoms with E-state index in [0.717, 1.165) is 25.1 Å². The SMILES string of the molecule is COCCCN1C(=O)CCc2cc[c]cc21. The smallest absolute Gasteiger partial charge is 0.227 e. The zero-order valence-electron chi connectivity index (χ0n) is 9.53. The van der Waals surface area contributed by atoms with E-state index in [4.69, 9.17) is 4.74 Å². The second-order valence-corrected chi connectivity index (χ2v) is 3.95. The minimum Gasteiger partial charge on any atom is -0.385 e. The van der Waals surface area contributed by atoms with Crippen molar-refractivity contribution in [1.82, 2.24) is 0 Å². The number of anilines is 1. The molecule has 0 saturated carbocycles. The number of ether oxygens (including phenoxy) is 1. The van der Waals surface area contributed by atoms with Gasteiger partial charge in [-0.2, -0.15) is 0 Å². The molecule has 0 aliphatic carbocycles. The summed E-state index contributed by atoms with van der Waals surface area (Å²) in [4.78, 5) is 13.7. The Kier molecular flexibility index (Phi) is 3.57. The van der Waals surface area contributed by atoms with Crippen molar-refractivity contribution < 1.29 is 9.53 Å². The highest BCUT2D eigenvalue weighted by atomic mass is 16.5. The largest absolute Gasteiger partial charge is 0.385 e. The maximum atomic E-state index is 11.8. The number of aryl methyl sites for hydroxylation is 1.